The SMILES string of the molecule is CCOC(=O)/C=C/N1C(C(=O)OCC)=C(C)OC1(C)C. The largest absolute Gasteiger partial charge is 0.470 e. The summed E-state index contributed by atoms with van der Waals surface area (Å²) in [6.45, 7) is 9.28. The Morgan fingerprint density at radius 3 is 2.40 bits per heavy atom. The van der Waals surface area contributed by atoms with Crippen LogP contribution in [-0.2, 0) is 23.8 Å². The first-order valence-electron chi connectivity index (χ1n) is 6.54. The normalized spacial score (nSPS) is 17.4. The molecule has 1 rings (SSSR count). The van der Waals surface area contributed by atoms with Crippen LogP contribution in [0.1, 0.15) is 34.6 Å². The second kappa shape index (κ2) is 6.45. The molecule has 6 nitrogen and oxygen atoms in total. The van der Waals surface area contributed by atoms with Gasteiger partial charge in [0.25, 0.3) is 0 Å². The standard InChI is InChI=1S/C14H21NO5/c1-6-18-11(16)8-9-15-12(13(17)19-7-2)10(3)20-14(15,4)5/h8-9H,6-7H2,1-5H3/b9-8+. The predicted octanol–water partition coefficient (Wildman–Crippen LogP) is 1.93. The van der Waals surface area contributed by atoms with Crippen LogP contribution in [0.5, 0.6) is 0 Å². The van der Waals surface area contributed by atoms with Gasteiger partial charge in [-0.3, -0.25) is 0 Å². The third-order valence-electron chi connectivity index (χ3n) is 2.67. The number of nitrogens with zero attached hydrogens (tertiary/aromatic N) is 1. The summed E-state index contributed by atoms with van der Waals surface area (Å²) >= 11 is 0. The molecule has 0 amide bonds. The van der Waals surface area contributed by atoms with Crippen molar-refractivity contribution in [1.82, 2.24) is 4.90 Å². The lowest BCUT2D eigenvalue weighted by atomic mass is 10.2. The zero-order valence-corrected chi connectivity index (χ0v) is 12.6. The first-order valence-corrected chi connectivity index (χ1v) is 6.54. The molecule has 0 atom stereocenters. The van der Waals surface area contributed by atoms with Crippen LogP contribution in [0.25, 0.3) is 0 Å². The maximum atomic E-state index is 12.0. The van der Waals surface area contributed by atoms with Gasteiger partial charge in [-0.25, -0.2) is 9.59 Å². The fraction of sp³-hybridized carbons (Fsp3) is 0.571. The highest BCUT2D eigenvalue weighted by Gasteiger charge is 2.41. The number of rotatable bonds is 5. The topological polar surface area (TPSA) is 65.1 Å². The molecular formula is C14H21NO5. The zero-order chi connectivity index (χ0) is 15.3. The fourth-order valence-electron chi connectivity index (χ4n) is 1.93. The van der Waals surface area contributed by atoms with Crippen LogP contribution >= 0.6 is 0 Å². The van der Waals surface area contributed by atoms with Crippen LogP contribution < -0.4 is 0 Å². The molecule has 112 valence electrons. The maximum Gasteiger partial charge on any atom is 0.358 e. The second-order valence-corrected chi connectivity index (χ2v) is 4.61. The number of esters is 2. The lowest BCUT2D eigenvalue weighted by molar-refractivity contribution is -0.141. The molecule has 0 radical (unpaired) electrons. The third kappa shape index (κ3) is 3.53. The summed E-state index contributed by atoms with van der Waals surface area (Å²) < 4.78 is 15.5. The highest BCUT2D eigenvalue weighted by Crippen LogP contribution is 2.34. The van der Waals surface area contributed by atoms with Gasteiger partial charge in [-0.15, -0.1) is 0 Å². The van der Waals surface area contributed by atoms with Crippen LogP contribution in [0.4, 0.5) is 0 Å². The third-order valence-corrected chi connectivity index (χ3v) is 2.67. The first-order chi connectivity index (χ1) is 9.33. The Labute approximate surface area is 119 Å². The van der Waals surface area contributed by atoms with E-state index in [2.05, 4.69) is 0 Å². The van der Waals surface area contributed by atoms with Crippen molar-refractivity contribution < 1.29 is 23.8 Å². The molecule has 0 aliphatic carbocycles. The van der Waals surface area contributed by atoms with Gasteiger partial charge in [0, 0.05) is 12.3 Å². The lowest BCUT2D eigenvalue weighted by Crippen LogP contribution is -2.38. The summed E-state index contributed by atoms with van der Waals surface area (Å²) in [7, 11) is 0. The smallest absolute Gasteiger partial charge is 0.358 e. The zero-order valence-electron chi connectivity index (χ0n) is 12.6. The van der Waals surface area contributed by atoms with E-state index in [0.717, 1.165) is 0 Å². The average molecular weight is 283 g/mol. The van der Waals surface area contributed by atoms with Crippen molar-refractivity contribution in [1.29, 1.82) is 0 Å². The van der Waals surface area contributed by atoms with E-state index in [9.17, 15) is 9.59 Å². The fourth-order valence-corrected chi connectivity index (χ4v) is 1.93. The summed E-state index contributed by atoms with van der Waals surface area (Å²) in [5.41, 5.74) is -0.479. The van der Waals surface area contributed by atoms with Gasteiger partial charge in [0.1, 0.15) is 5.76 Å². The van der Waals surface area contributed by atoms with Crippen molar-refractivity contribution in [2.75, 3.05) is 13.2 Å². The molecule has 1 heterocycles. The molecule has 1 aliphatic heterocycles. The van der Waals surface area contributed by atoms with Gasteiger partial charge >= 0.3 is 11.9 Å². The Bertz CT molecular complexity index is 450. The van der Waals surface area contributed by atoms with Gasteiger partial charge in [0.2, 0.25) is 0 Å². The molecular weight excluding hydrogens is 262 g/mol. The van der Waals surface area contributed by atoms with Crippen molar-refractivity contribution >= 4 is 11.9 Å². The van der Waals surface area contributed by atoms with Gasteiger partial charge in [-0.2, -0.15) is 0 Å². The number of hydrogen-bond donors (Lipinski definition) is 0. The summed E-state index contributed by atoms with van der Waals surface area (Å²) in [5, 5.41) is 0. The molecule has 1 aliphatic rings. The van der Waals surface area contributed by atoms with Gasteiger partial charge < -0.3 is 19.1 Å². The van der Waals surface area contributed by atoms with E-state index in [4.69, 9.17) is 14.2 Å². The Balaban J connectivity index is 2.98. The van der Waals surface area contributed by atoms with E-state index in [1.54, 1.807) is 39.5 Å². The van der Waals surface area contributed by atoms with Gasteiger partial charge in [-0.1, -0.05) is 0 Å². The highest BCUT2D eigenvalue weighted by molar-refractivity contribution is 5.89. The summed E-state index contributed by atoms with van der Waals surface area (Å²) in [6.07, 6.45) is 2.73. The minimum atomic E-state index is -0.769. The number of hydrogen-bond acceptors (Lipinski definition) is 6. The van der Waals surface area contributed by atoms with E-state index in [0.29, 0.717) is 12.4 Å². The van der Waals surface area contributed by atoms with Crippen molar-refractivity contribution in [3.8, 4) is 0 Å². The molecule has 0 spiro atoms. The van der Waals surface area contributed by atoms with Crippen molar-refractivity contribution in [3.05, 3.63) is 23.7 Å². The Morgan fingerprint density at radius 1 is 1.25 bits per heavy atom. The van der Waals surface area contributed by atoms with Crippen molar-refractivity contribution in [3.63, 3.8) is 0 Å². The molecule has 6 heteroatoms. The van der Waals surface area contributed by atoms with Crippen molar-refractivity contribution in [2.45, 2.75) is 40.3 Å². The second-order valence-electron chi connectivity index (χ2n) is 4.61. The maximum absolute atomic E-state index is 12.0. The van der Waals surface area contributed by atoms with E-state index >= 15 is 0 Å². The molecule has 20 heavy (non-hydrogen) atoms. The molecule has 0 saturated carbocycles. The van der Waals surface area contributed by atoms with E-state index in [1.165, 1.54) is 12.3 Å². The van der Waals surface area contributed by atoms with E-state index in [1.807, 2.05) is 0 Å². The molecule has 0 N–H and O–H groups in total. The number of ether oxygens (including phenoxy) is 3. The van der Waals surface area contributed by atoms with Gasteiger partial charge in [0.15, 0.2) is 11.4 Å². The molecule has 0 aromatic rings. The quantitative estimate of drug-likeness (QED) is 0.567. The predicted molar refractivity (Wildman–Crippen MR) is 72.1 cm³/mol. The summed E-state index contributed by atoms with van der Waals surface area (Å²) in [5.74, 6) is -0.498. The number of allylic oxidation sites excluding steroid dienone is 1. The van der Waals surface area contributed by atoms with Gasteiger partial charge in [-0.05, 0) is 34.6 Å². The summed E-state index contributed by atoms with van der Waals surface area (Å²) in [4.78, 5) is 24.9. The van der Waals surface area contributed by atoms with Gasteiger partial charge in [0.05, 0.1) is 13.2 Å². The molecule has 0 unspecified atom stereocenters. The van der Waals surface area contributed by atoms with E-state index < -0.39 is 17.7 Å². The molecule has 0 aromatic heterocycles. The molecule has 0 bridgehead atoms. The minimum absolute atomic E-state index is 0.269. The van der Waals surface area contributed by atoms with Crippen LogP contribution in [0, 0.1) is 0 Å². The lowest BCUT2D eigenvalue weighted by Gasteiger charge is -2.30. The highest BCUT2D eigenvalue weighted by atomic mass is 16.6. The van der Waals surface area contributed by atoms with Crippen LogP contribution in [0.3, 0.4) is 0 Å². The number of carbonyl (C=O) groups excluding carboxylic acids is 2. The van der Waals surface area contributed by atoms with Crippen LogP contribution in [0.15, 0.2) is 23.7 Å². The van der Waals surface area contributed by atoms with Crippen LogP contribution in [0.2, 0.25) is 0 Å². The minimum Gasteiger partial charge on any atom is -0.470 e. The Kier molecular flexibility index (Phi) is 5.19. The Morgan fingerprint density at radius 2 is 1.85 bits per heavy atom. The summed E-state index contributed by atoms with van der Waals surface area (Å²) in [6, 6.07) is 0. The monoisotopic (exact) mass is 283 g/mol. The van der Waals surface area contributed by atoms with Crippen LogP contribution in [-0.4, -0.2) is 35.8 Å². The van der Waals surface area contributed by atoms with Crippen molar-refractivity contribution in [2.24, 2.45) is 0 Å². The van der Waals surface area contributed by atoms with E-state index in [-0.39, 0.29) is 12.3 Å². The molecule has 0 saturated heterocycles. The average Bonchev–Trinajstić information content (AvgIpc) is 2.56. The number of carbonyl (C=O) groups is 2. The molecule has 0 aromatic carbocycles. The first kappa shape index (κ1) is 16.1. The Hall–Kier alpha value is -1.98. The molecule has 0 fully saturated rings.